The number of pyridine rings is 1. The molecule has 2 amide bonds. The Balaban J connectivity index is 1.43. The first-order chi connectivity index (χ1) is 22.4. The largest absolute Gasteiger partial charge is 0.494 e. The van der Waals surface area contributed by atoms with Gasteiger partial charge in [0.25, 0.3) is 5.91 Å². The first-order valence-corrected chi connectivity index (χ1v) is 14.7. The van der Waals surface area contributed by atoms with E-state index in [9.17, 15) is 41.0 Å². The van der Waals surface area contributed by atoms with Crippen LogP contribution in [0.15, 0.2) is 42.6 Å². The zero-order valence-electron chi connectivity index (χ0n) is 25.1. The van der Waals surface area contributed by atoms with Gasteiger partial charge in [0.2, 0.25) is 11.5 Å². The van der Waals surface area contributed by atoms with Crippen LogP contribution in [0.4, 0.5) is 26.3 Å². The number of methoxy groups -OCH3 is 1. The van der Waals surface area contributed by atoms with E-state index in [2.05, 4.69) is 15.4 Å². The number of benzene rings is 2. The van der Waals surface area contributed by atoms with Crippen LogP contribution in [0, 0.1) is 0 Å². The van der Waals surface area contributed by atoms with E-state index in [1.165, 1.54) is 26.2 Å². The topological polar surface area (TPSA) is 142 Å². The van der Waals surface area contributed by atoms with Gasteiger partial charge in [0.15, 0.2) is 0 Å². The number of rotatable bonds is 8. The Morgan fingerprint density at radius 3 is 2.48 bits per heavy atom. The lowest BCUT2D eigenvalue weighted by Crippen LogP contribution is -2.51. The first kappa shape index (κ1) is 33.3. The summed E-state index contributed by atoms with van der Waals surface area (Å²) in [5.41, 5.74) is -3.39. The average Bonchev–Trinajstić information content (AvgIpc) is 3.69. The summed E-state index contributed by atoms with van der Waals surface area (Å²) in [4.78, 5) is 29.7. The number of ether oxygens (including phenoxy) is 2. The van der Waals surface area contributed by atoms with Crippen LogP contribution < -0.4 is 20.5 Å². The molecule has 10 nitrogen and oxygen atoms in total. The fourth-order valence-electron chi connectivity index (χ4n) is 5.47. The minimum absolute atomic E-state index is 0.0997. The Hall–Kier alpha value is -4.57. The van der Waals surface area contributed by atoms with Crippen molar-refractivity contribution < 1.29 is 50.5 Å². The Morgan fingerprint density at radius 1 is 1.17 bits per heavy atom. The second-order valence-electron chi connectivity index (χ2n) is 11.9. The van der Waals surface area contributed by atoms with Crippen molar-refractivity contribution in [1.82, 2.24) is 20.1 Å². The molecule has 1 unspecified atom stereocenters. The molecule has 6 rings (SSSR count). The number of amides is 2. The van der Waals surface area contributed by atoms with Crippen molar-refractivity contribution in [3.05, 3.63) is 70.0 Å². The molecule has 0 bridgehead atoms. The monoisotopic (exact) mass is 697 g/mol. The zero-order valence-corrected chi connectivity index (χ0v) is 25.8. The lowest BCUT2D eigenvalue weighted by molar-refractivity contribution is -0.265. The minimum atomic E-state index is -5.51. The number of primary amides is 1. The summed E-state index contributed by atoms with van der Waals surface area (Å²) >= 11 is 5.75. The Morgan fingerprint density at radius 2 is 1.88 bits per heavy atom. The van der Waals surface area contributed by atoms with Gasteiger partial charge in [0.1, 0.15) is 34.7 Å². The number of aliphatic hydroxyl groups is 1. The van der Waals surface area contributed by atoms with Gasteiger partial charge in [0, 0.05) is 28.3 Å². The van der Waals surface area contributed by atoms with Crippen molar-refractivity contribution in [1.29, 1.82) is 0 Å². The molecule has 48 heavy (non-hydrogen) atoms. The smallest absolute Gasteiger partial charge is 0.424 e. The maximum atomic E-state index is 14.8. The van der Waals surface area contributed by atoms with E-state index in [1.54, 1.807) is 10.9 Å². The van der Waals surface area contributed by atoms with E-state index in [4.69, 9.17) is 26.8 Å². The van der Waals surface area contributed by atoms with Gasteiger partial charge in [-0.1, -0.05) is 17.7 Å². The van der Waals surface area contributed by atoms with E-state index >= 15 is 0 Å². The standard InChI is InChI=1S/C31H26ClF6N5O5/c1-28(27(39)45)13-48-25-19(28)10-22(41-24(25)14-3-6-20(32)18(8-14)30(33,34)35)29(46,31(36,37)38)12-40-26(44)15-7-16-11-43(17-4-5-17)42-23(16)21(9-15)47-2/h3,6-11,17,46H,4-5,12-13H2,1-2H3,(H2,39,45)(H,40,44)/t28-,29?/m0/s1. The number of nitrogens with zero attached hydrogens (tertiary/aromatic N) is 3. The van der Waals surface area contributed by atoms with Crippen molar-refractivity contribution in [3.63, 3.8) is 0 Å². The molecule has 2 atom stereocenters. The number of fused-ring (bicyclic) bond motifs is 2. The fourth-order valence-corrected chi connectivity index (χ4v) is 5.69. The number of carbonyl (C=O) groups excluding carboxylic acids is 2. The van der Waals surface area contributed by atoms with Gasteiger partial charge in [0.05, 0.1) is 36.0 Å². The molecule has 2 aromatic carbocycles. The predicted molar refractivity (Wildman–Crippen MR) is 159 cm³/mol. The second kappa shape index (κ2) is 11.3. The van der Waals surface area contributed by atoms with Gasteiger partial charge in [-0.15, -0.1) is 0 Å². The van der Waals surface area contributed by atoms with E-state index in [0.29, 0.717) is 17.0 Å². The van der Waals surface area contributed by atoms with E-state index in [1.807, 2.05) is 0 Å². The van der Waals surface area contributed by atoms with Crippen molar-refractivity contribution in [2.24, 2.45) is 5.73 Å². The minimum Gasteiger partial charge on any atom is -0.494 e. The van der Waals surface area contributed by atoms with Crippen LogP contribution >= 0.6 is 11.6 Å². The highest BCUT2D eigenvalue weighted by molar-refractivity contribution is 6.31. The normalized spacial score (nSPS) is 19.0. The molecular weight excluding hydrogens is 672 g/mol. The summed E-state index contributed by atoms with van der Waals surface area (Å²) in [6, 6.07) is 6.13. The van der Waals surface area contributed by atoms with E-state index < -0.39 is 70.3 Å². The number of hydrogen-bond donors (Lipinski definition) is 3. The van der Waals surface area contributed by atoms with Gasteiger partial charge >= 0.3 is 12.4 Å². The number of alkyl halides is 6. The van der Waals surface area contributed by atoms with Crippen molar-refractivity contribution in [3.8, 4) is 22.8 Å². The molecule has 2 aliphatic rings. The number of carbonyl (C=O) groups is 2. The summed E-state index contributed by atoms with van der Waals surface area (Å²) in [6.45, 7) is -0.690. The number of aromatic nitrogens is 3. The molecule has 4 N–H and O–H groups in total. The molecule has 254 valence electrons. The molecular formula is C31H26ClF6N5O5. The summed E-state index contributed by atoms with van der Waals surface area (Å²) in [6.07, 6.45) is -6.93. The highest BCUT2D eigenvalue weighted by atomic mass is 35.5. The predicted octanol–water partition coefficient (Wildman–Crippen LogP) is 5.43. The average molecular weight is 698 g/mol. The third kappa shape index (κ3) is 5.55. The number of nitrogens with two attached hydrogens (primary N) is 1. The lowest BCUT2D eigenvalue weighted by atomic mass is 9.81. The quantitative estimate of drug-likeness (QED) is 0.209. The molecule has 0 spiro atoms. The second-order valence-corrected chi connectivity index (χ2v) is 12.3. The maximum Gasteiger partial charge on any atom is 0.424 e. The van der Waals surface area contributed by atoms with Gasteiger partial charge in [-0.25, -0.2) is 4.98 Å². The van der Waals surface area contributed by atoms with Gasteiger partial charge in [-0.05, 0) is 50.1 Å². The third-order valence-corrected chi connectivity index (χ3v) is 8.88. The number of halogens is 7. The Labute approximate surface area is 272 Å². The summed E-state index contributed by atoms with van der Waals surface area (Å²) in [5, 5.41) is 17.7. The van der Waals surface area contributed by atoms with Crippen LogP contribution in [0.1, 0.15) is 53.0 Å². The van der Waals surface area contributed by atoms with Crippen molar-refractivity contribution in [2.75, 3.05) is 20.3 Å². The molecule has 0 saturated heterocycles. The van der Waals surface area contributed by atoms with E-state index in [-0.39, 0.29) is 34.2 Å². The van der Waals surface area contributed by atoms with Crippen LogP contribution in [0.25, 0.3) is 22.2 Å². The third-order valence-electron chi connectivity index (χ3n) is 8.55. The Bertz CT molecular complexity index is 1980. The maximum absolute atomic E-state index is 14.8. The molecule has 1 aliphatic carbocycles. The number of hydrogen-bond acceptors (Lipinski definition) is 7. The molecule has 4 aromatic rings. The van der Waals surface area contributed by atoms with Gasteiger partial charge in [-0.3, -0.25) is 14.3 Å². The summed E-state index contributed by atoms with van der Waals surface area (Å²) in [7, 11) is 1.34. The molecule has 2 aromatic heterocycles. The van der Waals surface area contributed by atoms with Crippen molar-refractivity contribution in [2.45, 2.75) is 49.2 Å². The first-order valence-electron chi connectivity index (χ1n) is 14.4. The van der Waals surface area contributed by atoms with E-state index in [0.717, 1.165) is 31.0 Å². The van der Waals surface area contributed by atoms with Crippen LogP contribution in [0.2, 0.25) is 5.02 Å². The van der Waals surface area contributed by atoms with Crippen LogP contribution in [0.5, 0.6) is 11.5 Å². The van der Waals surface area contributed by atoms with Crippen molar-refractivity contribution >= 4 is 34.3 Å². The molecule has 1 aliphatic heterocycles. The Kier molecular flexibility index (Phi) is 7.82. The van der Waals surface area contributed by atoms with Gasteiger partial charge < -0.3 is 25.6 Å². The lowest BCUT2D eigenvalue weighted by Gasteiger charge is -2.31. The summed E-state index contributed by atoms with van der Waals surface area (Å²) < 4.78 is 98.2. The zero-order chi connectivity index (χ0) is 35.0. The molecule has 3 heterocycles. The van der Waals surface area contributed by atoms with Crippen LogP contribution in [-0.4, -0.2) is 58.1 Å². The molecule has 0 radical (unpaired) electrons. The van der Waals surface area contributed by atoms with Crippen LogP contribution in [-0.2, 0) is 22.0 Å². The van der Waals surface area contributed by atoms with Gasteiger partial charge in [-0.2, -0.15) is 31.4 Å². The van der Waals surface area contributed by atoms with Crippen LogP contribution in [0.3, 0.4) is 0 Å². The number of nitrogens with one attached hydrogen (secondary N) is 1. The fraction of sp³-hybridized carbons (Fsp3) is 0.355. The summed E-state index contributed by atoms with van der Waals surface area (Å²) in [5.74, 6) is -2.15. The highest BCUT2D eigenvalue weighted by Crippen LogP contribution is 2.49. The molecule has 1 saturated carbocycles. The SMILES string of the molecule is COc1cc(C(=O)NCC(O)(c2cc3c(c(-c4ccc(Cl)c(C(F)(F)F)c4)n2)OC[C@]3(C)C(N)=O)C(F)(F)F)cc2cn(C3CC3)nc12. The molecule has 17 heteroatoms. The highest BCUT2D eigenvalue weighted by Gasteiger charge is 2.58. The molecule has 1 fully saturated rings.